The zero-order valence-electron chi connectivity index (χ0n) is 10.8. The lowest BCUT2D eigenvalue weighted by atomic mass is 9.73. The Labute approximate surface area is 94.8 Å². The molecular formula is C13H27NO. The molecule has 1 saturated carbocycles. The predicted molar refractivity (Wildman–Crippen MR) is 65.0 cm³/mol. The standard InChI is InChI=1S/C13H27NO/c1-5-14-13(9-15-4)12-7-6-10(2)11(3)8-12/h10-14H,5-9H2,1-4H3. The topological polar surface area (TPSA) is 21.3 Å². The molecule has 1 aliphatic rings. The second kappa shape index (κ2) is 6.49. The maximum absolute atomic E-state index is 5.31. The minimum atomic E-state index is 0.565. The number of nitrogens with one attached hydrogen (secondary N) is 1. The summed E-state index contributed by atoms with van der Waals surface area (Å²) >= 11 is 0. The fourth-order valence-electron chi connectivity index (χ4n) is 2.76. The molecule has 1 rings (SSSR count). The van der Waals surface area contributed by atoms with Crippen LogP contribution in [-0.4, -0.2) is 26.3 Å². The maximum Gasteiger partial charge on any atom is 0.0618 e. The quantitative estimate of drug-likeness (QED) is 0.758. The first-order chi connectivity index (χ1) is 7.19. The normalized spacial score (nSPS) is 34.0. The van der Waals surface area contributed by atoms with Gasteiger partial charge in [0.1, 0.15) is 0 Å². The third-order valence-corrected chi connectivity index (χ3v) is 4.02. The monoisotopic (exact) mass is 213 g/mol. The Bertz CT molecular complexity index is 166. The van der Waals surface area contributed by atoms with Gasteiger partial charge in [0.25, 0.3) is 0 Å². The molecule has 4 unspecified atom stereocenters. The van der Waals surface area contributed by atoms with E-state index in [2.05, 4.69) is 26.1 Å². The average molecular weight is 213 g/mol. The van der Waals surface area contributed by atoms with Crippen molar-refractivity contribution in [3.05, 3.63) is 0 Å². The largest absolute Gasteiger partial charge is 0.383 e. The van der Waals surface area contributed by atoms with Gasteiger partial charge in [0, 0.05) is 13.2 Å². The van der Waals surface area contributed by atoms with Gasteiger partial charge in [0.2, 0.25) is 0 Å². The molecule has 2 nitrogen and oxygen atoms in total. The molecule has 0 aromatic carbocycles. The van der Waals surface area contributed by atoms with Crippen LogP contribution < -0.4 is 5.32 Å². The van der Waals surface area contributed by atoms with Crippen molar-refractivity contribution in [1.29, 1.82) is 0 Å². The zero-order chi connectivity index (χ0) is 11.3. The molecule has 0 bridgehead atoms. The highest BCUT2D eigenvalue weighted by Gasteiger charge is 2.29. The Morgan fingerprint density at radius 3 is 2.53 bits per heavy atom. The number of rotatable bonds is 5. The third-order valence-electron chi connectivity index (χ3n) is 4.02. The van der Waals surface area contributed by atoms with Gasteiger partial charge in [-0.15, -0.1) is 0 Å². The van der Waals surface area contributed by atoms with Gasteiger partial charge in [0.05, 0.1) is 6.61 Å². The summed E-state index contributed by atoms with van der Waals surface area (Å²) in [6.07, 6.45) is 4.12. The van der Waals surface area contributed by atoms with Crippen molar-refractivity contribution in [3.63, 3.8) is 0 Å². The SMILES string of the molecule is CCNC(COC)C1CCC(C)C(C)C1. The molecule has 1 aliphatic carbocycles. The van der Waals surface area contributed by atoms with E-state index in [4.69, 9.17) is 4.74 Å². The van der Waals surface area contributed by atoms with Crippen molar-refractivity contribution >= 4 is 0 Å². The van der Waals surface area contributed by atoms with Gasteiger partial charge in [-0.3, -0.25) is 0 Å². The zero-order valence-corrected chi connectivity index (χ0v) is 10.8. The van der Waals surface area contributed by atoms with Gasteiger partial charge >= 0.3 is 0 Å². The second-order valence-corrected chi connectivity index (χ2v) is 5.15. The van der Waals surface area contributed by atoms with Gasteiger partial charge in [0.15, 0.2) is 0 Å². The van der Waals surface area contributed by atoms with Crippen LogP contribution in [0.15, 0.2) is 0 Å². The number of hydrogen-bond acceptors (Lipinski definition) is 2. The van der Waals surface area contributed by atoms with E-state index in [9.17, 15) is 0 Å². The van der Waals surface area contributed by atoms with E-state index < -0.39 is 0 Å². The lowest BCUT2D eigenvalue weighted by Crippen LogP contribution is -2.42. The molecule has 4 atom stereocenters. The van der Waals surface area contributed by atoms with E-state index in [0.29, 0.717) is 6.04 Å². The minimum Gasteiger partial charge on any atom is -0.383 e. The van der Waals surface area contributed by atoms with Gasteiger partial charge < -0.3 is 10.1 Å². The van der Waals surface area contributed by atoms with E-state index in [-0.39, 0.29) is 0 Å². The van der Waals surface area contributed by atoms with Gasteiger partial charge in [-0.1, -0.05) is 27.2 Å². The number of methoxy groups -OCH3 is 1. The van der Waals surface area contributed by atoms with Crippen LogP contribution in [0.4, 0.5) is 0 Å². The highest BCUT2D eigenvalue weighted by atomic mass is 16.5. The highest BCUT2D eigenvalue weighted by Crippen LogP contribution is 2.34. The first kappa shape index (κ1) is 13.0. The lowest BCUT2D eigenvalue weighted by Gasteiger charge is -2.36. The van der Waals surface area contributed by atoms with E-state index in [1.54, 1.807) is 7.11 Å². The minimum absolute atomic E-state index is 0.565. The number of ether oxygens (including phenoxy) is 1. The Balaban J connectivity index is 2.45. The summed E-state index contributed by atoms with van der Waals surface area (Å²) in [6, 6.07) is 0.565. The van der Waals surface area contributed by atoms with Gasteiger partial charge in [-0.05, 0) is 37.1 Å². The summed E-state index contributed by atoms with van der Waals surface area (Å²) in [5.41, 5.74) is 0. The molecule has 90 valence electrons. The fourth-order valence-corrected chi connectivity index (χ4v) is 2.76. The van der Waals surface area contributed by atoms with Crippen LogP contribution in [0.5, 0.6) is 0 Å². The second-order valence-electron chi connectivity index (χ2n) is 5.15. The Hall–Kier alpha value is -0.0800. The molecule has 0 spiro atoms. The van der Waals surface area contributed by atoms with Crippen LogP contribution in [0, 0.1) is 17.8 Å². The number of likely N-dealkylation sites (N-methyl/N-ethyl adjacent to an activating group) is 1. The summed E-state index contributed by atoms with van der Waals surface area (Å²) in [5, 5.41) is 3.56. The predicted octanol–water partition coefficient (Wildman–Crippen LogP) is 2.68. The molecule has 1 N–H and O–H groups in total. The van der Waals surface area contributed by atoms with Crippen LogP contribution in [0.25, 0.3) is 0 Å². The van der Waals surface area contributed by atoms with Crippen LogP contribution in [0.1, 0.15) is 40.0 Å². The molecule has 0 aromatic rings. The molecule has 15 heavy (non-hydrogen) atoms. The smallest absolute Gasteiger partial charge is 0.0618 e. The first-order valence-corrected chi connectivity index (χ1v) is 6.41. The fraction of sp³-hybridized carbons (Fsp3) is 1.00. The molecule has 0 aliphatic heterocycles. The first-order valence-electron chi connectivity index (χ1n) is 6.41. The van der Waals surface area contributed by atoms with Crippen molar-refractivity contribution in [3.8, 4) is 0 Å². The molecular weight excluding hydrogens is 186 g/mol. The van der Waals surface area contributed by atoms with Crippen molar-refractivity contribution < 1.29 is 4.74 Å². The van der Waals surface area contributed by atoms with Crippen molar-refractivity contribution in [2.24, 2.45) is 17.8 Å². The van der Waals surface area contributed by atoms with E-state index in [0.717, 1.165) is 30.9 Å². The van der Waals surface area contributed by atoms with Crippen LogP contribution in [-0.2, 0) is 4.74 Å². The van der Waals surface area contributed by atoms with Crippen LogP contribution in [0.2, 0.25) is 0 Å². The van der Waals surface area contributed by atoms with E-state index in [1.807, 2.05) is 0 Å². The average Bonchev–Trinajstić information content (AvgIpc) is 2.22. The number of hydrogen-bond donors (Lipinski definition) is 1. The van der Waals surface area contributed by atoms with Crippen LogP contribution in [0.3, 0.4) is 0 Å². The van der Waals surface area contributed by atoms with E-state index in [1.165, 1.54) is 19.3 Å². The van der Waals surface area contributed by atoms with E-state index >= 15 is 0 Å². The summed E-state index contributed by atoms with van der Waals surface area (Å²) < 4.78 is 5.31. The highest BCUT2D eigenvalue weighted by molar-refractivity contribution is 4.83. The molecule has 0 radical (unpaired) electrons. The van der Waals surface area contributed by atoms with Crippen molar-refractivity contribution in [1.82, 2.24) is 5.32 Å². The molecule has 0 saturated heterocycles. The van der Waals surface area contributed by atoms with Crippen LogP contribution >= 0.6 is 0 Å². The summed E-state index contributed by atoms with van der Waals surface area (Å²) in [6.45, 7) is 8.87. The molecule has 0 aromatic heterocycles. The summed E-state index contributed by atoms with van der Waals surface area (Å²) in [5.74, 6) is 2.60. The Morgan fingerprint density at radius 2 is 2.00 bits per heavy atom. The molecule has 1 fully saturated rings. The maximum atomic E-state index is 5.31. The van der Waals surface area contributed by atoms with Gasteiger partial charge in [-0.2, -0.15) is 0 Å². The van der Waals surface area contributed by atoms with Crippen molar-refractivity contribution in [2.75, 3.05) is 20.3 Å². The third kappa shape index (κ3) is 3.76. The van der Waals surface area contributed by atoms with Crippen molar-refractivity contribution in [2.45, 2.75) is 46.1 Å². The summed E-state index contributed by atoms with van der Waals surface area (Å²) in [7, 11) is 1.80. The Morgan fingerprint density at radius 1 is 1.27 bits per heavy atom. The summed E-state index contributed by atoms with van der Waals surface area (Å²) in [4.78, 5) is 0. The molecule has 0 amide bonds. The molecule has 2 heteroatoms. The Kier molecular flexibility index (Phi) is 5.62. The lowest BCUT2D eigenvalue weighted by molar-refractivity contribution is 0.102. The molecule has 0 heterocycles. The van der Waals surface area contributed by atoms with Gasteiger partial charge in [-0.25, -0.2) is 0 Å².